The first-order valence-electron chi connectivity index (χ1n) is 4.76. The predicted octanol–water partition coefficient (Wildman–Crippen LogP) is 2.50. The number of carbonyl (C=O) groups is 2. The van der Waals surface area contributed by atoms with Crippen LogP contribution in [0.4, 0.5) is 0 Å². The maximum Gasteiger partial charge on any atom is 0.311 e. The first kappa shape index (κ1) is 12.5. The van der Waals surface area contributed by atoms with Gasteiger partial charge in [0.15, 0.2) is 0 Å². The summed E-state index contributed by atoms with van der Waals surface area (Å²) in [6.45, 7) is 0. The number of hydrogen-bond donors (Lipinski definition) is 1. The summed E-state index contributed by atoms with van der Waals surface area (Å²) < 4.78 is 4.96. The molecule has 1 aromatic carbocycles. The van der Waals surface area contributed by atoms with E-state index < -0.39 is 11.9 Å². The SMILES string of the molecule is O=C(O)CCCC(=O)Oc1ccc(Cl)cc1. The fraction of sp³-hybridized carbons (Fsp3) is 0.273. The van der Waals surface area contributed by atoms with Crippen molar-refractivity contribution in [2.75, 3.05) is 0 Å². The van der Waals surface area contributed by atoms with Crippen LogP contribution in [0.15, 0.2) is 24.3 Å². The van der Waals surface area contributed by atoms with Crippen LogP contribution in [0.5, 0.6) is 5.75 Å². The molecule has 0 saturated heterocycles. The molecule has 0 unspecified atom stereocenters. The number of halogens is 1. The van der Waals surface area contributed by atoms with Crippen LogP contribution in [0, 0.1) is 0 Å². The van der Waals surface area contributed by atoms with Gasteiger partial charge < -0.3 is 9.84 Å². The van der Waals surface area contributed by atoms with Crippen LogP contribution in [0.2, 0.25) is 5.02 Å². The lowest BCUT2D eigenvalue weighted by molar-refractivity contribution is -0.137. The minimum absolute atomic E-state index is 0.0320. The Bertz CT molecular complexity index is 372. The Hall–Kier alpha value is -1.55. The normalized spacial score (nSPS) is 9.81. The van der Waals surface area contributed by atoms with Gasteiger partial charge in [-0.05, 0) is 30.7 Å². The Labute approximate surface area is 97.8 Å². The number of carbonyl (C=O) groups excluding carboxylic acids is 1. The first-order valence-corrected chi connectivity index (χ1v) is 5.14. The predicted molar refractivity (Wildman–Crippen MR) is 58.6 cm³/mol. The summed E-state index contributed by atoms with van der Waals surface area (Å²) in [7, 11) is 0. The van der Waals surface area contributed by atoms with Crippen molar-refractivity contribution in [2.45, 2.75) is 19.3 Å². The lowest BCUT2D eigenvalue weighted by Gasteiger charge is -2.03. The van der Waals surface area contributed by atoms with Gasteiger partial charge in [0.05, 0.1) is 0 Å². The number of carboxylic acid groups (broad SMARTS) is 1. The second kappa shape index (κ2) is 6.12. The summed E-state index contributed by atoms with van der Waals surface area (Å²) in [6, 6.07) is 6.39. The third-order valence-electron chi connectivity index (χ3n) is 1.82. The van der Waals surface area contributed by atoms with Gasteiger partial charge in [-0.25, -0.2) is 0 Å². The van der Waals surface area contributed by atoms with Gasteiger partial charge in [-0.3, -0.25) is 9.59 Å². The second-order valence-corrected chi connectivity index (χ2v) is 3.61. The maximum absolute atomic E-state index is 11.2. The Balaban J connectivity index is 2.34. The molecule has 1 aromatic rings. The molecule has 0 saturated carbocycles. The molecule has 0 aliphatic heterocycles. The maximum atomic E-state index is 11.2. The number of hydrogen-bond acceptors (Lipinski definition) is 3. The van der Waals surface area contributed by atoms with Crippen molar-refractivity contribution in [3.05, 3.63) is 29.3 Å². The van der Waals surface area contributed by atoms with E-state index in [9.17, 15) is 9.59 Å². The zero-order chi connectivity index (χ0) is 12.0. The van der Waals surface area contributed by atoms with E-state index in [-0.39, 0.29) is 19.3 Å². The molecule has 0 amide bonds. The van der Waals surface area contributed by atoms with E-state index in [0.29, 0.717) is 10.8 Å². The van der Waals surface area contributed by atoms with Crippen LogP contribution >= 0.6 is 11.6 Å². The highest BCUT2D eigenvalue weighted by Gasteiger charge is 2.06. The molecule has 5 heteroatoms. The molecular weight excluding hydrogens is 232 g/mol. The van der Waals surface area contributed by atoms with E-state index in [2.05, 4.69) is 0 Å². The summed E-state index contributed by atoms with van der Waals surface area (Å²) in [6.07, 6.45) is 0.340. The summed E-state index contributed by atoms with van der Waals surface area (Å²) in [4.78, 5) is 21.4. The molecule has 16 heavy (non-hydrogen) atoms. The lowest BCUT2D eigenvalue weighted by Crippen LogP contribution is -2.08. The third-order valence-corrected chi connectivity index (χ3v) is 2.07. The number of rotatable bonds is 5. The van der Waals surface area contributed by atoms with Gasteiger partial charge in [-0.1, -0.05) is 11.6 Å². The quantitative estimate of drug-likeness (QED) is 0.637. The van der Waals surface area contributed by atoms with Crippen molar-refractivity contribution in [3.63, 3.8) is 0 Å². The van der Waals surface area contributed by atoms with E-state index >= 15 is 0 Å². The van der Waals surface area contributed by atoms with E-state index in [1.807, 2.05) is 0 Å². The van der Waals surface area contributed by atoms with Gasteiger partial charge in [0.2, 0.25) is 0 Å². The first-order chi connectivity index (χ1) is 7.58. The third kappa shape index (κ3) is 4.79. The summed E-state index contributed by atoms with van der Waals surface area (Å²) in [5, 5.41) is 8.94. The zero-order valence-electron chi connectivity index (χ0n) is 8.48. The van der Waals surface area contributed by atoms with Crippen molar-refractivity contribution >= 4 is 23.5 Å². The van der Waals surface area contributed by atoms with Crippen LogP contribution in [-0.2, 0) is 9.59 Å². The summed E-state index contributed by atoms with van der Waals surface area (Å²) >= 11 is 5.66. The van der Waals surface area contributed by atoms with Crippen LogP contribution in [0.25, 0.3) is 0 Å². The molecule has 0 spiro atoms. The van der Waals surface area contributed by atoms with E-state index in [4.69, 9.17) is 21.4 Å². The summed E-state index contributed by atoms with van der Waals surface area (Å²) in [5.74, 6) is -0.951. The average Bonchev–Trinajstić information content (AvgIpc) is 2.21. The molecule has 0 bridgehead atoms. The topological polar surface area (TPSA) is 63.6 Å². The molecular formula is C11H11ClO4. The van der Waals surface area contributed by atoms with Gasteiger partial charge in [0, 0.05) is 17.9 Å². The van der Waals surface area contributed by atoms with Crippen LogP contribution < -0.4 is 4.74 Å². The van der Waals surface area contributed by atoms with Crippen molar-refractivity contribution in [1.29, 1.82) is 0 Å². The van der Waals surface area contributed by atoms with E-state index in [1.165, 1.54) is 0 Å². The molecule has 86 valence electrons. The molecule has 0 aliphatic rings. The van der Waals surface area contributed by atoms with Crippen molar-refractivity contribution < 1.29 is 19.4 Å². The fourth-order valence-electron chi connectivity index (χ4n) is 1.07. The van der Waals surface area contributed by atoms with Crippen LogP contribution in [0.3, 0.4) is 0 Å². The van der Waals surface area contributed by atoms with Gasteiger partial charge in [-0.15, -0.1) is 0 Å². The highest BCUT2D eigenvalue weighted by atomic mass is 35.5. The minimum Gasteiger partial charge on any atom is -0.481 e. The lowest BCUT2D eigenvalue weighted by atomic mass is 10.2. The minimum atomic E-state index is -0.917. The number of carboxylic acids is 1. The average molecular weight is 243 g/mol. The van der Waals surface area contributed by atoms with Gasteiger partial charge >= 0.3 is 11.9 Å². The molecule has 0 heterocycles. The number of benzene rings is 1. The Morgan fingerprint density at radius 1 is 1.19 bits per heavy atom. The highest BCUT2D eigenvalue weighted by Crippen LogP contribution is 2.16. The van der Waals surface area contributed by atoms with Crippen molar-refractivity contribution in [2.24, 2.45) is 0 Å². The van der Waals surface area contributed by atoms with E-state index in [0.717, 1.165) is 0 Å². The van der Waals surface area contributed by atoms with Gasteiger partial charge in [-0.2, -0.15) is 0 Å². The number of aliphatic carboxylic acids is 1. The molecule has 0 aromatic heterocycles. The molecule has 4 nitrogen and oxygen atoms in total. The van der Waals surface area contributed by atoms with Crippen LogP contribution in [0.1, 0.15) is 19.3 Å². The highest BCUT2D eigenvalue weighted by molar-refractivity contribution is 6.30. The Morgan fingerprint density at radius 3 is 2.38 bits per heavy atom. The number of ether oxygens (including phenoxy) is 1. The largest absolute Gasteiger partial charge is 0.481 e. The van der Waals surface area contributed by atoms with E-state index in [1.54, 1.807) is 24.3 Å². The zero-order valence-corrected chi connectivity index (χ0v) is 9.24. The monoisotopic (exact) mass is 242 g/mol. The van der Waals surface area contributed by atoms with Crippen LogP contribution in [-0.4, -0.2) is 17.0 Å². The fourth-order valence-corrected chi connectivity index (χ4v) is 1.20. The molecule has 0 atom stereocenters. The van der Waals surface area contributed by atoms with Crippen molar-refractivity contribution in [1.82, 2.24) is 0 Å². The standard InChI is InChI=1S/C11H11ClO4/c12-8-4-6-9(7-5-8)16-11(15)3-1-2-10(13)14/h4-7H,1-3H2,(H,13,14). The molecule has 1 rings (SSSR count). The molecule has 0 radical (unpaired) electrons. The van der Waals surface area contributed by atoms with Gasteiger partial charge in [0.25, 0.3) is 0 Å². The smallest absolute Gasteiger partial charge is 0.311 e. The van der Waals surface area contributed by atoms with Crippen molar-refractivity contribution in [3.8, 4) is 5.75 Å². The van der Waals surface area contributed by atoms with Gasteiger partial charge in [0.1, 0.15) is 5.75 Å². The number of esters is 1. The molecule has 0 fully saturated rings. The summed E-state index contributed by atoms with van der Waals surface area (Å²) in [5.41, 5.74) is 0. The second-order valence-electron chi connectivity index (χ2n) is 3.18. The Morgan fingerprint density at radius 2 is 1.81 bits per heavy atom. The Kier molecular flexibility index (Phi) is 4.79. The molecule has 0 aliphatic carbocycles. The molecule has 1 N–H and O–H groups in total.